The monoisotopic (exact) mass is 624 g/mol. The quantitative estimate of drug-likeness (QED) is 0.164. The van der Waals surface area contributed by atoms with E-state index in [4.69, 9.17) is 19.7 Å². The van der Waals surface area contributed by atoms with Crippen LogP contribution in [0, 0.1) is 53.7 Å². The summed E-state index contributed by atoms with van der Waals surface area (Å²) in [4.78, 5) is 11.6. The zero-order valence-electron chi connectivity index (χ0n) is 26.5. The first-order valence-electron chi connectivity index (χ1n) is 14.6. The van der Waals surface area contributed by atoms with Crippen LogP contribution in [0.15, 0.2) is 71.2 Å². The van der Waals surface area contributed by atoms with Crippen molar-refractivity contribution in [2.45, 2.75) is 39.3 Å². The molecule has 46 heavy (non-hydrogen) atoms. The smallest absolute Gasteiger partial charge is 0.203 e. The van der Waals surface area contributed by atoms with Crippen LogP contribution < -0.4 is 0 Å². The number of hydrogen-bond acceptors (Lipinski definition) is 3. The van der Waals surface area contributed by atoms with E-state index in [1.54, 1.807) is 24.3 Å². The highest BCUT2D eigenvalue weighted by Gasteiger charge is 2.37. The summed E-state index contributed by atoms with van der Waals surface area (Å²) in [6.07, 6.45) is 0. The summed E-state index contributed by atoms with van der Waals surface area (Å²) in [6, 6.07) is 25.2. The third kappa shape index (κ3) is 5.00. The van der Waals surface area contributed by atoms with Gasteiger partial charge in [-0.3, -0.25) is 0 Å². The molecule has 5 rings (SSSR count). The van der Waals surface area contributed by atoms with Crippen LogP contribution in [0.5, 0.6) is 0 Å². The maximum absolute atomic E-state index is 10.6. The van der Waals surface area contributed by atoms with Crippen molar-refractivity contribution in [3.05, 3.63) is 144 Å². The highest BCUT2D eigenvalue weighted by Crippen LogP contribution is 2.53. The zero-order valence-corrected chi connectivity index (χ0v) is 28.5. The van der Waals surface area contributed by atoms with Crippen LogP contribution in [0.3, 0.4) is 0 Å². The summed E-state index contributed by atoms with van der Waals surface area (Å²) in [6.45, 7) is 36.7. The van der Waals surface area contributed by atoms with Crippen LogP contribution in [0.25, 0.3) is 48.1 Å². The molecule has 0 heterocycles. The summed E-state index contributed by atoms with van der Waals surface area (Å²) in [5, 5.41) is 32.0. The van der Waals surface area contributed by atoms with Crippen LogP contribution in [-0.2, 0) is 0 Å². The van der Waals surface area contributed by atoms with Crippen LogP contribution in [0.1, 0.15) is 38.9 Å². The third-order valence-electron chi connectivity index (χ3n) is 8.17. The second-order valence-electron chi connectivity index (χ2n) is 13.2. The summed E-state index contributed by atoms with van der Waals surface area (Å²) in [5.74, 6) is 0. The lowest BCUT2D eigenvalue weighted by Gasteiger charge is -2.22. The molecule has 8 heteroatoms. The van der Waals surface area contributed by atoms with Gasteiger partial charge in [0.25, 0.3) is 0 Å². The molecule has 0 aromatic heterocycles. The Balaban J connectivity index is 1.90. The minimum Gasteiger partial charge on any atom is -0.246 e. The third-order valence-corrected chi connectivity index (χ3v) is 11.8. The molecule has 0 radical (unpaired) electrons. The molecule has 3 aromatic rings. The van der Waals surface area contributed by atoms with Crippen molar-refractivity contribution in [1.29, 1.82) is 15.8 Å². The van der Waals surface area contributed by atoms with Gasteiger partial charge in [-0.1, -0.05) is 75.7 Å². The standard InChI is InChI=1S/C38H28N6Si2/c1-42-26-14-16-27-29(19-26)31(21-40)33(36(27)38(44-3)46(7,8)9)24-11-10-12-25(18-24)34-35(32(22-41)45(4,5)6)28-15-13-23(20-39)17-30(28)37(34)43-2/h10-19H,4-9H3/b35-32-,38-36-. The number of nitriles is 3. The summed E-state index contributed by atoms with van der Waals surface area (Å²) in [5.41, 5.74) is 8.52. The Morgan fingerprint density at radius 1 is 0.652 bits per heavy atom. The average molecular weight is 625 g/mol. The molecule has 0 unspecified atom stereocenters. The molecule has 2 aliphatic carbocycles. The molecule has 2 aliphatic rings. The van der Waals surface area contributed by atoms with Gasteiger partial charge in [0.05, 0.1) is 59.1 Å². The molecule has 6 nitrogen and oxygen atoms in total. The maximum atomic E-state index is 10.6. The molecule has 0 aliphatic heterocycles. The number of nitrogens with zero attached hydrogens (tertiary/aromatic N) is 6. The SMILES string of the molecule is [C-]#[N+]C1=C(c2cccc(C3=C(C#N)c4cc([N+]#[C-])ccc4/C3=C(\[N+]#[C-])[Si](C)(C)C)c2)/C(=C(/C#N)[Si](C)(C)C)c2ccc(C#N)cc21. The maximum Gasteiger partial charge on any atom is 0.203 e. The lowest BCUT2D eigenvalue weighted by molar-refractivity contribution is 1.46. The van der Waals surface area contributed by atoms with Crippen molar-refractivity contribution >= 4 is 55.4 Å². The van der Waals surface area contributed by atoms with Crippen LogP contribution in [-0.4, -0.2) is 16.1 Å². The molecule has 3 aromatic carbocycles. The molecule has 0 saturated carbocycles. The van der Waals surface area contributed by atoms with Crippen LogP contribution >= 0.6 is 0 Å². The van der Waals surface area contributed by atoms with E-state index in [0.717, 1.165) is 22.3 Å². The van der Waals surface area contributed by atoms with Gasteiger partial charge in [0.15, 0.2) is 11.0 Å². The molecule has 0 bridgehead atoms. The summed E-state index contributed by atoms with van der Waals surface area (Å²) >= 11 is 0. The lowest BCUT2D eigenvalue weighted by atomic mass is 9.91. The topological polar surface area (TPSA) is 84.4 Å². The number of hydrogen-bond donors (Lipinski definition) is 0. The second kappa shape index (κ2) is 11.5. The Morgan fingerprint density at radius 2 is 1.30 bits per heavy atom. The largest absolute Gasteiger partial charge is 0.246 e. The molecular formula is C38H28N6Si2. The lowest BCUT2D eigenvalue weighted by Crippen LogP contribution is -2.24. The first-order chi connectivity index (χ1) is 21.8. The van der Waals surface area contributed by atoms with Gasteiger partial charge in [0, 0.05) is 5.20 Å². The molecule has 0 amide bonds. The molecule has 0 saturated heterocycles. The van der Waals surface area contributed by atoms with E-state index in [1.165, 1.54) is 0 Å². The Kier molecular flexibility index (Phi) is 7.85. The minimum absolute atomic E-state index is 0.371. The van der Waals surface area contributed by atoms with Gasteiger partial charge >= 0.3 is 0 Å². The highest BCUT2D eigenvalue weighted by molar-refractivity contribution is 6.85. The van der Waals surface area contributed by atoms with E-state index in [-0.39, 0.29) is 0 Å². The normalized spacial score (nSPS) is 15.8. The number of benzene rings is 3. The van der Waals surface area contributed by atoms with E-state index in [2.05, 4.69) is 72.0 Å². The van der Waals surface area contributed by atoms with E-state index in [9.17, 15) is 15.8 Å². The molecule has 0 fully saturated rings. The van der Waals surface area contributed by atoms with Gasteiger partial charge in [-0.25, -0.2) is 14.5 Å². The van der Waals surface area contributed by atoms with Crippen molar-refractivity contribution in [1.82, 2.24) is 0 Å². The van der Waals surface area contributed by atoms with E-state index in [1.807, 2.05) is 36.4 Å². The molecule has 0 spiro atoms. The van der Waals surface area contributed by atoms with Gasteiger partial charge in [-0.2, -0.15) is 15.8 Å². The van der Waals surface area contributed by atoms with Crippen molar-refractivity contribution in [3.63, 3.8) is 0 Å². The van der Waals surface area contributed by atoms with Gasteiger partial charge in [-0.15, -0.1) is 0 Å². The molecule has 0 N–H and O–H groups in total. The first-order valence-corrected chi connectivity index (χ1v) is 21.6. The number of rotatable bonds is 4. The Hall–Kier alpha value is -6.01. The Bertz CT molecular complexity index is 2120. The number of allylic oxidation sites excluding steroid dienone is 6. The summed E-state index contributed by atoms with van der Waals surface area (Å²) < 4.78 is 0. The van der Waals surface area contributed by atoms with Gasteiger partial charge < -0.3 is 0 Å². The predicted octanol–water partition coefficient (Wildman–Crippen LogP) is 10.0. The summed E-state index contributed by atoms with van der Waals surface area (Å²) in [7, 11) is -4.43. The highest BCUT2D eigenvalue weighted by atomic mass is 28.3. The van der Waals surface area contributed by atoms with Crippen molar-refractivity contribution in [3.8, 4) is 18.2 Å². The van der Waals surface area contributed by atoms with Crippen molar-refractivity contribution in [2.24, 2.45) is 0 Å². The van der Waals surface area contributed by atoms with Gasteiger partial charge in [-0.05, 0) is 79.9 Å². The Labute approximate surface area is 272 Å². The van der Waals surface area contributed by atoms with Crippen molar-refractivity contribution < 1.29 is 0 Å². The molecule has 218 valence electrons. The molecule has 0 atom stereocenters. The predicted molar refractivity (Wildman–Crippen MR) is 189 cm³/mol. The minimum atomic E-state index is -2.22. The fourth-order valence-electron chi connectivity index (χ4n) is 6.17. The molecular weight excluding hydrogens is 597 g/mol. The van der Waals surface area contributed by atoms with Crippen molar-refractivity contribution in [2.75, 3.05) is 0 Å². The fraction of sp³-hybridized carbons (Fsp3) is 0.158. The van der Waals surface area contributed by atoms with E-state index in [0.29, 0.717) is 66.4 Å². The Morgan fingerprint density at radius 3 is 1.85 bits per heavy atom. The van der Waals surface area contributed by atoms with Gasteiger partial charge in [0.1, 0.15) is 6.07 Å². The first kappa shape index (κ1) is 31.4. The van der Waals surface area contributed by atoms with E-state index < -0.39 is 16.1 Å². The average Bonchev–Trinajstić information content (AvgIpc) is 3.52. The fourth-order valence-corrected chi connectivity index (χ4v) is 8.86. The van der Waals surface area contributed by atoms with Crippen LogP contribution in [0.4, 0.5) is 5.69 Å². The van der Waals surface area contributed by atoms with E-state index >= 15 is 0 Å². The van der Waals surface area contributed by atoms with Gasteiger partial charge in [0.2, 0.25) is 5.70 Å². The van der Waals surface area contributed by atoms with Crippen LogP contribution in [0.2, 0.25) is 39.3 Å². The number of fused-ring (bicyclic) bond motifs is 2. The second-order valence-corrected chi connectivity index (χ2v) is 23.2. The zero-order chi connectivity index (χ0) is 33.6.